The Morgan fingerprint density at radius 3 is 2.59 bits per heavy atom. The number of pyridine rings is 1. The summed E-state index contributed by atoms with van der Waals surface area (Å²) >= 11 is 0. The van der Waals surface area contributed by atoms with Gasteiger partial charge in [0.2, 0.25) is 0 Å². The molecule has 2 saturated heterocycles. The SMILES string of the molecule is COC(=O)c1cc(N2CCC(N3CCOC(C#N)C3)CC2)c2c(C3CCC3)nn(-c3ccccc3)c2n1. The first-order chi connectivity index (χ1) is 18.2. The lowest BCUT2D eigenvalue weighted by Crippen LogP contribution is -2.51. The van der Waals surface area contributed by atoms with Crippen molar-refractivity contribution >= 4 is 22.7 Å². The Balaban J connectivity index is 1.39. The lowest BCUT2D eigenvalue weighted by molar-refractivity contribution is -0.0208. The van der Waals surface area contributed by atoms with Crippen LogP contribution in [0.1, 0.15) is 54.2 Å². The van der Waals surface area contributed by atoms with E-state index in [-0.39, 0.29) is 6.10 Å². The van der Waals surface area contributed by atoms with Crippen LogP contribution in [0.5, 0.6) is 0 Å². The molecular formula is C28H32N6O3. The molecule has 3 aliphatic rings. The van der Waals surface area contributed by atoms with Gasteiger partial charge in [-0.05, 0) is 43.9 Å². The zero-order valence-electron chi connectivity index (χ0n) is 21.2. The first kappa shape index (κ1) is 23.9. The highest BCUT2D eigenvalue weighted by Crippen LogP contribution is 2.43. The van der Waals surface area contributed by atoms with E-state index in [1.54, 1.807) is 0 Å². The predicted molar refractivity (Wildman–Crippen MR) is 139 cm³/mol. The number of morpholine rings is 1. The standard InChI is InChI=1S/C28H32N6O3/c1-36-28(35)23-16-24(32-12-10-20(11-13-32)33-14-15-37-22(17-29)18-33)25-26(19-6-5-7-19)31-34(27(25)30-23)21-8-3-2-4-9-21/h2-4,8-9,16,19-20,22H,5-7,10-15,18H2,1H3. The fourth-order valence-corrected chi connectivity index (χ4v) is 5.85. The Morgan fingerprint density at radius 2 is 1.92 bits per heavy atom. The summed E-state index contributed by atoms with van der Waals surface area (Å²) < 4.78 is 12.5. The van der Waals surface area contributed by atoms with Gasteiger partial charge in [-0.3, -0.25) is 4.90 Å². The van der Waals surface area contributed by atoms with Crippen LogP contribution in [0.4, 0.5) is 5.69 Å². The van der Waals surface area contributed by atoms with E-state index in [4.69, 9.17) is 19.6 Å². The van der Waals surface area contributed by atoms with Gasteiger partial charge >= 0.3 is 5.97 Å². The summed E-state index contributed by atoms with van der Waals surface area (Å²) in [6.07, 6.45) is 5.09. The van der Waals surface area contributed by atoms with Gasteiger partial charge in [0.05, 0.1) is 42.2 Å². The van der Waals surface area contributed by atoms with Crippen LogP contribution in [0.3, 0.4) is 0 Å². The third kappa shape index (κ3) is 4.45. The zero-order valence-corrected chi connectivity index (χ0v) is 21.2. The van der Waals surface area contributed by atoms with E-state index in [2.05, 4.69) is 15.9 Å². The summed E-state index contributed by atoms with van der Waals surface area (Å²) in [5.74, 6) is -0.0364. The van der Waals surface area contributed by atoms with Crippen LogP contribution in [0.15, 0.2) is 36.4 Å². The Bertz CT molecular complexity index is 1320. The van der Waals surface area contributed by atoms with Crippen molar-refractivity contribution in [2.45, 2.75) is 50.2 Å². The third-order valence-corrected chi connectivity index (χ3v) is 8.09. The number of carbonyl (C=O) groups is 1. The van der Waals surface area contributed by atoms with E-state index < -0.39 is 5.97 Å². The van der Waals surface area contributed by atoms with E-state index in [1.165, 1.54) is 13.5 Å². The summed E-state index contributed by atoms with van der Waals surface area (Å²) in [4.78, 5) is 22.3. The quantitative estimate of drug-likeness (QED) is 0.490. The number of rotatable bonds is 5. The Labute approximate surface area is 216 Å². The number of para-hydroxylation sites is 1. The third-order valence-electron chi connectivity index (χ3n) is 8.09. The highest BCUT2D eigenvalue weighted by Gasteiger charge is 2.33. The second-order valence-corrected chi connectivity index (χ2v) is 10.2. The number of nitriles is 1. The number of methoxy groups -OCH3 is 1. The molecule has 1 unspecified atom stereocenters. The first-order valence-corrected chi connectivity index (χ1v) is 13.2. The highest BCUT2D eigenvalue weighted by molar-refractivity contribution is 5.99. The van der Waals surface area contributed by atoms with Gasteiger partial charge in [0.25, 0.3) is 0 Å². The molecule has 4 heterocycles. The molecule has 0 radical (unpaired) electrons. The number of esters is 1. The summed E-state index contributed by atoms with van der Waals surface area (Å²) in [6.45, 7) is 3.86. The zero-order chi connectivity index (χ0) is 25.4. The van der Waals surface area contributed by atoms with Crippen molar-refractivity contribution in [2.24, 2.45) is 0 Å². The van der Waals surface area contributed by atoms with Gasteiger partial charge in [0.1, 0.15) is 0 Å². The smallest absolute Gasteiger partial charge is 0.356 e. The number of hydrogen-bond donors (Lipinski definition) is 0. The molecule has 3 fully saturated rings. The van der Waals surface area contributed by atoms with Crippen LogP contribution in [0, 0.1) is 11.3 Å². The average molecular weight is 501 g/mol. The summed E-state index contributed by atoms with van der Waals surface area (Å²) in [7, 11) is 1.39. The van der Waals surface area contributed by atoms with Crippen molar-refractivity contribution in [3.05, 3.63) is 47.8 Å². The maximum absolute atomic E-state index is 12.7. The number of fused-ring (bicyclic) bond motifs is 1. The van der Waals surface area contributed by atoms with Gasteiger partial charge in [0.15, 0.2) is 17.4 Å². The van der Waals surface area contributed by atoms with Crippen LogP contribution in [-0.4, -0.2) is 77.7 Å². The molecule has 9 nitrogen and oxygen atoms in total. The summed E-state index contributed by atoms with van der Waals surface area (Å²) in [5.41, 5.74) is 4.03. The lowest BCUT2D eigenvalue weighted by Gasteiger charge is -2.42. The molecule has 2 aromatic heterocycles. The Morgan fingerprint density at radius 1 is 1.14 bits per heavy atom. The van der Waals surface area contributed by atoms with Gasteiger partial charge in [-0.15, -0.1) is 0 Å². The number of carbonyl (C=O) groups excluding carboxylic acids is 1. The Kier molecular flexibility index (Phi) is 6.53. The second kappa shape index (κ2) is 10.1. The first-order valence-electron chi connectivity index (χ1n) is 13.2. The minimum absolute atomic E-state index is 0.300. The molecule has 0 spiro atoms. The van der Waals surface area contributed by atoms with Crippen LogP contribution in [0.25, 0.3) is 16.7 Å². The van der Waals surface area contributed by atoms with E-state index in [9.17, 15) is 10.1 Å². The topological polar surface area (TPSA) is 96.5 Å². The average Bonchev–Trinajstić information content (AvgIpc) is 3.30. The van der Waals surface area contributed by atoms with Crippen molar-refractivity contribution in [1.29, 1.82) is 5.26 Å². The van der Waals surface area contributed by atoms with Gasteiger partial charge in [-0.25, -0.2) is 14.5 Å². The lowest BCUT2D eigenvalue weighted by atomic mass is 9.82. The number of aromatic nitrogens is 3. The van der Waals surface area contributed by atoms with Crippen LogP contribution < -0.4 is 4.90 Å². The molecule has 3 aromatic rings. The fourth-order valence-electron chi connectivity index (χ4n) is 5.85. The van der Waals surface area contributed by atoms with Crippen molar-refractivity contribution in [2.75, 3.05) is 44.8 Å². The van der Waals surface area contributed by atoms with Crippen LogP contribution >= 0.6 is 0 Å². The molecule has 9 heteroatoms. The van der Waals surface area contributed by atoms with Crippen molar-refractivity contribution < 1.29 is 14.3 Å². The molecule has 6 rings (SSSR count). The molecule has 1 aliphatic carbocycles. The Hall–Kier alpha value is -3.48. The van der Waals surface area contributed by atoms with Crippen molar-refractivity contribution in [3.8, 4) is 11.8 Å². The maximum Gasteiger partial charge on any atom is 0.356 e. The van der Waals surface area contributed by atoms with Gasteiger partial charge < -0.3 is 14.4 Å². The number of anilines is 1. The largest absolute Gasteiger partial charge is 0.464 e. The molecule has 1 atom stereocenters. The fraction of sp³-hybridized carbons (Fsp3) is 0.500. The monoisotopic (exact) mass is 500 g/mol. The molecule has 0 amide bonds. The van der Waals surface area contributed by atoms with E-state index in [0.29, 0.717) is 36.5 Å². The van der Waals surface area contributed by atoms with E-state index in [0.717, 1.165) is 67.8 Å². The van der Waals surface area contributed by atoms with Crippen LogP contribution in [-0.2, 0) is 9.47 Å². The minimum Gasteiger partial charge on any atom is -0.464 e. The molecule has 1 aromatic carbocycles. The molecule has 0 N–H and O–H groups in total. The van der Waals surface area contributed by atoms with Gasteiger partial charge in [0, 0.05) is 38.1 Å². The molecule has 0 bridgehead atoms. The second-order valence-electron chi connectivity index (χ2n) is 10.2. The van der Waals surface area contributed by atoms with Gasteiger partial charge in [-0.1, -0.05) is 24.6 Å². The van der Waals surface area contributed by atoms with Crippen molar-refractivity contribution in [1.82, 2.24) is 19.7 Å². The summed E-state index contributed by atoms with van der Waals surface area (Å²) in [6, 6.07) is 14.6. The molecule has 192 valence electrons. The van der Waals surface area contributed by atoms with Crippen molar-refractivity contribution in [3.63, 3.8) is 0 Å². The normalized spacial score (nSPS) is 21.5. The molecular weight excluding hydrogens is 468 g/mol. The number of hydrogen-bond acceptors (Lipinski definition) is 8. The van der Waals surface area contributed by atoms with E-state index >= 15 is 0 Å². The summed E-state index contributed by atoms with van der Waals surface area (Å²) in [5, 5.41) is 15.5. The predicted octanol–water partition coefficient (Wildman–Crippen LogP) is 3.67. The van der Waals surface area contributed by atoms with E-state index in [1.807, 2.05) is 41.1 Å². The number of nitrogens with zero attached hydrogens (tertiary/aromatic N) is 6. The number of benzene rings is 1. The molecule has 2 aliphatic heterocycles. The molecule has 37 heavy (non-hydrogen) atoms. The van der Waals surface area contributed by atoms with Gasteiger partial charge in [-0.2, -0.15) is 10.4 Å². The van der Waals surface area contributed by atoms with Crippen LogP contribution in [0.2, 0.25) is 0 Å². The molecule has 1 saturated carbocycles. The highest BCUT2D eigenvalue weighted by atomic mass is 16.5. The number of piperidine rings is 1. The minimum atomic E-state index is -0.445. The maximum atomic E-state index is 12.7. The number of ether oxygens (including phenoxy) is 2.